The minimum Gasteiger partial charge on any atom is -0.389 e. The molecule has 0 aliphatic carbocycles. The molecule has 9 heteroatoms. The third kappa shape index (κ3) is 3.77. The fourth-order valence-corrected chi connectivity index (χ4v) is 3.62. The molecule has 0 unspecified atom stereocenters. The summed E-state index contributed by atoms with van der Waals surface area (Å²) >= 11 is 0. The van der Waals surface area contributed by atoms with E-state index in [1.807, 2.05) is 29.0 Å². The summed E-state index contributed by atoms with van der Waals surface area (Å²) in [6, 6.07) is 6.69. The highest BCUT2D eigenvalue weighted by atomic mass is 16.3. The number of β-amino-alcohol motifs (C(OH)–C–C–N with tert-alkyl or cyclic N) is 1. The third-order valence-electron chi connectivity index (χ3n) is 5.15. The zero-order valence-corrected chi connectivity index (χ0v) is 15.9. The van der Waals surface area contributed by atoms with Gasteiger partial charge in [-0.25, -0.2) is 9.78 Å². The second kappa shape index (κ2) is 7.51. The van der Waals surface area contributed by atoms with Crippen LogP contribution in [0.1, 0.15) is 27.5 Å². The standard InChI is InChI=1S/C20H21N5O4/c1-13-8-25(20(29)22-18(13)27)16-10-24(11-17(16)26)19(28)15-4-2-3-14(7-15)9-23-6-5-21-12-23/h2-8,12,16-17,26H,9-11H2,1H3,(H,22,27,29)/t16-,17-/m0/s1. The van der Waals surface area contributed by atoms with Gasteiger partial charge in [0.25, 0.3) is 11.5 Å². The van der Waals surface area contributed by atoms with E-state index in [1.54, 1.807) is 25.5 Å². The molecule has 0 radical (unpaired) electrons. The second-order valence-electron chi connectivity index (χ2n) is 7.26. The third-order valence-corrected chi connectivity index (χ3v) is 5.15. The monoisotopic (exact) mass is 395 g/mol. The summed E-state index contributed by atoms with van der Waals surface area (Å²) in [4.78, 5) is 44.5. The van der Waals surface area contributed by atoms with Crippen LogP contribution in [0.5, 0.6) is 0 Å². The second-order valence-corrected chi connectivity index (χ2v) is 7.26. The first-order chi connectivity index (χ1) is 13.9. The van der Waals surface area contributed by atoms with Gasteiger partial charge >= 0.3 is 5.69 Å². The van der Waals surface area contributed by atoms with Crippen LogP contribution in [0.3, 0.4) is 0 Å². The number of amides is 1. The first-order valence-corrected chi connectivity index (χ1v) is 9.26. The summed E-state index contributed by atoms with van der Waals surface area (Å²) in [5.74, 6) is -0.215. The summed E-state index contributed by atoms with van der Waals surface area (Å²) < 4.78 is 3.20. The van der Waals surface area contributed by atoms with Gasteiger partial charge < -0.3 is 14.6 Å². The van der Waals surface area contributed by atoms with Crippen LogP contribution in [-0.2, 0) is 6.54 Å². The summed E-state index contributed by atoms with van der Waals surface area (Å²) in [5, 5.41) is 10.5. The van der Waals surface area contributed by atoms with Crippen molar-refractivity contribution in [2.45, 2.75) is 25.6 Å². The normalized spacial score (nSPS) is 18.9. The molecule has 2 atom stereocenters. The molecule has 2 N–H and O–H groups in total. The number of aromatic nitrogens is 4. The fourth-order valence-electron chi connectivity index (χ4n) is 3.62. The maximum atomic E-state index is 13.0. The molecule has 1 aliphatic heterocycles. The summed E-state index contributed by atoms with van der Waals surface area (Å²) in [5.41, 5.74) is 0.787. The van der Waals surface area contributed by atoms with Crippen LogP contribution >= 0.6 is 0 Å². The largest absolute Gasteiger partial charge is 0.389 e. The number of H-pyrrole nitrogens is 1. The average molecular weight is 395 g/mol. The molecule has 9 nitrogen and oxygen atoms in total. The van der Waals surface area contributed by atoms with Crippen molar-refractivity contribution >= 4 is 5.91 Å². The number of likely N-dealkylation sites (tertiary alicyclic amines) is 1. The van der Waals surface area contributed by atoms with Gasteiger partial charge in [0, 0.05) is 49.4 Å². The van der Waals surface area contributed by atoms with Crippen LogP contribution in [0, 0.1) is 6.92 Å². The number of aryl methyl sites for hydroxylation is 1. The fraction of sp³-hybridized carbons (Fsp3) is 0.300. The Kier molecular flexibility index (Phi) is 4.89. The van der Waals surface area contributed by atoms with Crippen molar-refractivity contribution in [2.75, 3.05) is 13.1 Å². The molecule has 0 spiro atoms. The molecule has 150 valence electrons. The molecule has 1 aliphatic rings. The van der Waals surface area contributed by atoms with Gasteiger partial charge in [-0.1, -0.05) is 12.1 Å². The Labute approximate surface area is 165 Å². The first kappa shape index (κ1) is 18.9. The maximum Gasteiger partial charge on any atom is 0.328 e. The highest BCUT2D eigenvalue weighted by Gasteiger charge is 2.36. The first-order valence-electron chi connectivity index (χ1n) is 9.26. The van der Waals surface area contributed by atoms with Gasteiger partial charge in [-0.3, -0.25) is 19.1 Å². The molecule has 1 aromatic carbocycles. The lowest BCUT2D eigenvalue weighted by molar-refractivity contribution is 0.0764. The average Bonchev–Trinajstić information content (AvgIpc) is 3.34. The molecule has 0 saturated carbocycles. The SMILES string of the molecule is Cc1cn([C@H]2CN(C(=O)c3cccc(Cn4ccnc4)c3)C[C@@H]2O)c(=O)[nH]c1=O. The molecule has 4 rings (SSSR count). The van der Waals surface area contributed by atoms with Gasteiger partial charge in [0.1, 0.15) is 0 Å². The number of benzene rings is 1. The molecule has 29 heavy (non-hydrogen) atoms. The van der Waals surface area contributed by atoms with Crippen molar-refractivity contribution in [3.05, 3.63) is 86.7 Å². The Bertz CT molecular complexity index is 1150. The number of aliphatic hydroxyl groups excluding tert-OH is 1. The number of imidazole rings is 1. The van der Waals surface area contributed by atoms with E-state index in [0.29, 0.717) is 17.7 Å². The lowest BCUT2D eigenvalue weighted by Crippen LogP contribution is -2.37. The maximum absolute atomic E-state index is 13.0. The van der Waals surface area contributed by atoms with Crippen molar-refractivity contribution in [3.63, 3.8) is 0 Å². The smallest absolute Gasteiger partial charge is 0.328 e. The number of nitrogens with one attached hydrogen (secondary N) is 1. The van der Waals surface area contributed by atoms with E-state index in [0.717, 1.165) is 5.56 Å². The number of hydrogen-bond acceptors (Lipinski definition) is 5. The Morgan fingerprint density at radius 2 is 2.14 bits per heavy atom. The van der Waals surface area contributed by atoms with E-state index in [4.69, 9.17) is 0 Å². The lowest BCUT2D eigenvalue weighted by atomic mass is 10.1. The molecule has 1 fully saturated rings. The zero-order chi connectivity index (χ0) is 20.5. The van der Waals surface area contributed by atoms with Gasteiger partial charge in [-0.15, -0.1) is 0 Å². The predicted octanol–water partition coefficient (Wildman–Crippen LogP) is 0.148. The molecular weight excluding hydrogens is 374 g/mol. The van der Waals surface area contributed by atoms with Crippen molar-refractivity contribution in [1.29, 1.82) is 0 Å². The minimum absolute atomic E-state index is 0.111. The van der Waals surface area contributed by atoms with E-state index in [1.165, 1.54) is 15.7 Å². The van der Waals surface area contributed by atoms with Gasteiger partial charge in [-0.05, 0) is 24.6 Å². The highest BCUT2D eigenvalue weighted by Crippen LogP contribution is 2.23. The zero-order valence-electron chi connectivity index (χ0n) is 15.9. The number of carbonyl (C=O) groups excluding carboxylic acids is 1. The molecule has 1 amide bonds. The van der Waals surface area contributed by atoms with E-state index in [9.17, 15) is 19.5 Å². The number of aromatic amines is 1. The highest BCUT2D eigenvalue weighted by molar-refractivity contribution is 5.94. The van der Waals surface area contributed by atoms with Gasteiger partial charge in [-0.2, -0.15) is 0 Å². The van der Waals surface area contributed by atoms with Crippen LogP contribution in [0.25, 0.3) is 0 Å². The van der Waals surface area contributed by atoms with Crippen LogP contribution in [-0.4, -0.2) is 54.2 Å². The predicted molar refractivity (Wildman–Crippen MR) is 105 cm³/mol. The number of nitrogens with zero attached hydrogens (tertiary/aromatic N) is 4. The van der Waals surface area contributed by atoms with Crippen LogP contribution in [0.2, 0.25) is 0 Å². The number of hydrogen-bond donors (Lipinski definition) is 2. The molecule has 2 aromatic heterocycles. The molecule has 3 heterocycles. The lowest BCUT2D eigenvalue weighted by Gasteiger charge is -2.18. The van der Waals surface area contributed by atoms with Crippen LogP contribution < -0.4 is 11.2 Å². The van der Waals surface area contributed by atoms with E-state index in [2.05, 4.69) is 9.97 Å². The number of carbonyl (C=O) groups is 1. The quantitative estimate of drug-likeness (QED) is 0.653. The molecule has 0 bridgehead atoms. The Morgan fingerprint density at radius 3 is 2.90 bits per heavy atom. The number of aliphatic hydroxyl groups is 1. The molecular formula is C20H21N5O4. The minimum atomic E-state index is -0.906. The van der Waals surface area contributed by atoms with Crippen molar-refractivity contribution < 1.29 is 9.90 Å². The van der Waals surface area contributed by atoms with Crippen molar-refractivity contribution in [1.82, 2.24) is 24.0 Å². The summed E-state index contributed by atoms with van der Waals surface area (Å²) in [6.07, 6.45) is 5.77. The Hall–Kier alpha value is -3.46. The molecule has 1 saturated heterocycles. The number of rotatable bonds is 4. The summed E-state index contributed by atoms with van der Waals surface area (Å²) in [6.45, 7) is 2.47. The van der Waals surface area contributed by atoms with Gasteiger partial charge in [0.05, 0.1) is 18.5 Å². The van der Waals surface area contributed by atoms with Crippen LogP contribution in [0.15, 0.2) is 58.8 Å². The molecule has 3 aromatic rings. The van der Waals surface area contributed by atoms with Gasteiger partial charge in [0.15, 0.2) is 0 Å². The van der Waals surface area contributed by atoms with Crippen molar-refractivity contribution in [2.24, 2.45) is 0 Å². The van der Waals surface area contributed by atoms with Crippen molar-refractivity contribution in [3.8, 4) is 0 Å². The van der Waals surface area contributed by atoms with E-state index in [-0.39, 0.29) is 19.0 Å². The van der Waals surface area contributed by atoms with E-state index < -0.39 is 23.4 Å². The van der Waals surface area contributed by atoms with E-state index >= 15 is 0 Å². The Morgan fingerprint density at radius 1 is 1.31 bits per heavy atom. The van der Waals surface area contributed by atoms with Crippen LogP contribution in [0.4, 0.5) is 0 Å². The topological polar surface area (TPSA) is 113 Å². The van der Waals surface area contributed by atoms with Gasteiger partial charge in [0.2, 0.25) is 0 Å². The Balaban J connectivity index is 1.54. The summed E-state index contributed by atoms with van der Waals surface area (Å²) in [7, 11) is 0.